The van der Waals surface area contributed by atoms with Crippen LogP contribution in [0.25, 0.3) is 0 Å². The molecule has 0 spiro atoms. The van der Waals surface area contributed by atoms with Gasteiger partial charge in [0, 0.05) is 24.0 Å². The maximum absolute atomic E-state index is 4.49. The second-order valence-corrected chi connectivity index (χ2v) is 6.14. The molecule has 24 heavy (non-hydrogen) atoms. The van der Waals surface area contributed by atoms with Crippen LogP contribution in [0.4, 0.5) is 23.0 Å². The summed E-state index contributed by atoms with van der Waals surface area (Å²) in [4.78, 5) is 11.1. The summed E-state index contributed by atoms with van der Waals surface area (Å²) in [6.45, 7) is 3.07. The minimum Gasteiger partial charge on any atom is -0.340 e. The summed E-state index contributed by atoms with van der Waals surface area (Å²) in [5, 5.41) is 3.36. The lowest BCUT2D eigenvalue weighted by atomic mass is 10.0. The molecule has 1 aliphatic heterocycles. The first kappa shape index (κ1) is 14.7. The van der Waals surface area contributed by atoms with Crippen LogP contribution in [0, 0.1) is 6.92 Å². The van der Waals surface area contributed by atoms with E-state index in [0.29, 0.717) is 0 Å². The molecule has 1 N–H and O–H groups in total. The number of benzene rings is 2. The first-order valence-corrected chi connectivity index (χ1v) is 8.31. The van der Waals surface area contributed by atoms with Gasteiger partial charge in [-0.15, -0.1) is 0 Å². The molecule has 1 aliphatic rings. The summed E-state index contributed by atoms with van der Waals surface area (Å²) in [5.41, 5.74) is 4.91. The molecular formula is C20H20N4. The van der Waals surface area contributed by atoms with Gasteiger partial charge in [0.15, 0.2) is 0 Å². The molecule has 0 fully saturated rings. The van der Waals surface area contributed by atoms with Crippen molar-refractivity contribution in [2.75, 3.05) is 16.8 Å². The summed E-state index contributed by atoms with van der Waals surface area (Å²) in [6.07, 6.45) is 3.90. The lowest BCUT2D eigenvalue weighted by Gasteiger charge is -2.30. The Labute approximate surface area is 142 Å². The standard InChI is InChI=1S/C20H20N4/c1-15-8-10-17(11-9-15)23-19-13-20(22-14-21-19)24-12-4-6-16-5-2-3-7-18(16)24/h2-3,5,7-11,13-14H,4,6,12H2,1H3,(H,21,22,23). The van der Waals surface area contributed by atoms with E-state index in [4.69, 9.17) is 0 Å². The molecule has 0 atom stereocenters. The van der Waals surface area contributed by atoms with Crippen LogP contribution in [0.5, 0.6) is 0 Å². The van der Waals surface area contributed by atoms with Crippen molar-refractivity contribution in [1.29, 1.82) is 0 Å². The number of fused-ring (bicyclic) bond motifs is 1. The average Bonchev–Trinajstić information content (AvgIpc) is 2.63. The van der Waals surface area contributed by atoms with Crippen molar-refractivity contribution >= 4 is 23.0 Å². The number of hydrogen-bond acceptors (Lipinski definition) is 4. The Morgan fingerprint density at radius 1 is 1.00 bits per heavy atom. The van der Waals surface area contributed by atoms with E-state index in [0.717, 1.165) is 36.7 Å². The second kappa shape index (κ2) is 6.32. The first-order chi connectivity index (χ1) is 11.8. The molecular weight excluding hydrogens is 296 g/mol. The fourth-order valence-electron chi connectivity index (χ4n) is 3.12. The quantitative estimate of drug-likeness (QED) is 0.766. The minimum atomic E-state index is 0.812. The Kier molecular flexibility index (Phi) is 3.87. The van der Waals surface area contributed by atoms with E-state index in [2.05, 4.69) is 75.6 Å². The smallest absolute Gasteiger partial charge is 0.138 e. The van der Waals surface area contributed by atoms with Crippen molar-refractivity contribution in [2.24, 2.45) is 0 Å². The van der Waals surface area contributed by atoms with Crippen molar-refractivity contribution in [3.05, 3.63) is 72.1 Å². The molecule has 2 heterocycles. The number of nitrogens with zero attached hydrogens (tertiary/aromatic N) is 3. The Morgan fingerprint density at radius 2 is 1.83 bits per heavy atom. The van der Waals surface area contributed by atoms with E-state index in [1.54, 1.807) is 6.33 Å². The van der Waals surface area contributed by atoms with Gasteiger partial charge in [-0.2, -0.15) is 0 Å². The Hall–Kier alpha value is -2.88. The zero-order valence-electron chi connectivity index (χ0n) is 13.7. The van der Waals surface area contributed by atoms with Crippen molar-refractivity contribution in [2.45, 2.75) is 19.8 Å². The molecule has 0 aliphatic carbocycles. The van der Waals surface area contributed by atoms with Gasteiger partial charge in [-0.05, 0) is 43.5 Å². The number of nitrogens with one attached hydrogen (secondary N) is 1. The SMILES string of the molecule is Cc1ccc(Nc2cc(N3CCCc4ccccc43)ncn2)cc1. The molecule has 4 rings (SSSR count). The summed E-state index contributed by atoms with van der Waals surface area (Å²) < 4.78 is 0. The molecule has 120 valence electrons. The van der Waals surface area contributed by atoms with Gasteiger partial charge in [-0.3, -0.25) is 0 Å². The van der Waals surface area contributed by atoms with E-state index < -0.39 is 0 Å². The van der Waals surface area contributed by atoms with Crippen LogP contribution in [-0.2, 0) is 6.42 Å². The third-order valence-corrected chi connectivity index (χ3v) is 4.36. The zero-order valence-corrected chi connectivity index (χ0v) is 13.7. The highest BCUT2D eigenvalue weighted by molar-refractivity contribution is 5.68. The van der Waals surface area contributed by atoms with Crippen molar-refractivity contribution in [3.63, 3.8) is 0 Å². The second-order valence-electron chi connectivity index (χ2n) is 6.14. The summed E-state index contributed by atoms with van der Waals surface area (Å²) in [7, 11) is 0. The molecule has 0 unspecified atom stereocenters. The summed E-state index contributed by atoms with van der Waals surface area (Å²) in [6, 6.07) is 18.9. The molecule has 0 saturated carbocycles. The van der Waals surface area contributed by atoms with Crippen molar-refractivity contribution in [1.82, 2.24) is 9.97 Å². The fraction of sp³-hybridized carbons (Fsp3) is 0.200. The highest BCUT2D eigenvalue weighted by Crippen LogP contribution is 2.32. The molecule has 1 aromatic heterocycles. The van der Waals surface area contributed by atoms with Gasteiger partial charge >= 0.3 is 0 Å². The van der Waals surface area contributed by atoms with Gasteiger partial charge in [0.1, 0.15) is 18.0 Å². The van der Waals surface area contributed by atoms with Crippen molar-refractivity contribution in [3.8, 4) is 0 Å². The number of aromatic nitrogens is 2. The third kappa shape index (κ3) is 2.95. The average molecular weight is 316 g/mol. The Bertz CT molecular complexity index is 842. The van der Waals surface area contributed by atoms with Crippen LogP contribution in [-0.4, -0.2) is 16.5 Å². The van der Waals surface area contributed by atoms with E-state index >= 15 is 0 Å². The lowest BCUT2D eigenvalue weighted by molar-refractivity contribution is 0.758. The van der Waals surface area contributed by atoms with E-state index in [1.165, 1.54) is 16.8 Å². The fourth-order valence-corrected chi connectivity index (χ4v) is 3.12. The summed E-state index contributed by atoms with van der Waals surface area (Å²) >= 11 is 0. The molecule has 0 amide bonds. The summed E-state index contributed by atoms with van der Waals surface area (Å²) in [5.74, 6) is 1.75. The van der Waals surface area contributed by atoms with Gasteiger partial charge in [-0.25, -0.2) is 9.97 Å². The van der Waals surface area contributed by atoms with Gasteiger partial charge in [0.05, 0.1) is 0 Å². The number of anilines is 4. The zero-order chi connectivity index (χ0) is 16.4. The normalized spacial score (nSPS) is 13.5. The molecule has 0 saturated heterocycles. The molecule has 2 aromatic carbocycles. The highest BCUT2D eigenvalue weighted by atomic mass is 15.2. The van der Waals surface area contributed by atoms with E-state index in [1.807, 2.05) is 6.07 Å². The third-order valence-electron chi connectivity index (χ3n) is 4.36. The van der Waals surface area contributed by atoms with Crippen molar-refractivity contribution < 1.29 is 0 Å². The first-order valence-electron chi connectivity index (χ1n) is 8.31. The van der Waals surface area contributed by atoms with E-state index in [9.17, 15) is 0 Å². The number of rotatable bonds is 3. The van der Waals surface area contributed by atoms with Crippen LogP contribution in [0.15, 0.2) is 60.9 Å². The monoisotopic (exact) mass is 316 g/mol. The molecule has 3 aromatic rings. The number of aryl methyl sites for hydroxylation is 2. The Balaban J connectivity index is 1.62. The van der Waals surface area contributed by atoms with Gasteiger partial charge < -0.3 is 10.2 Å². The maximum Gasteiger partial charge on any atom is 0.138 e. The topological polar surface area (TPSA) is 41.0 Å². The van der Waals surface area contributed by atoms with Crippen LogP contribution < -0.4 is 10.2 Å². The van der Waals surface area contributed by atoms with Gasteiger partial charge in [0.25, 0.3) is 0 Å². The van der Waals surface area contributed by atoms with Gasteiger partial charge in [-0.1, -0.05) is 35.9 Å². The minimum absolute atomic E-state index is 0.812. The lowest BCUT2D eigenvalue weighted by Crippen LogP contribution is -2.25. The number of hydrogen-bond donors (Lipinski definition) is 1. The van der Waals surface area contributed by atoms with Crippen LogP contribution in [0.2, 0.25) is 0 Å². The molecule has 4 nitrogen and oxygen atoms in total. The van der Waals surface area contributed by atoms with Gasteiger partial charge in [0.2, 0.25) is 0 Å². The predicted octanol–water partition coefficient (Wildman–Crippen LogP) is 4.61. The largest absolute Gasteiger partial charge is 0.340 e. The van der Waals surface area contributed by atoms with E-state index in [-0.39, 0.29) is 0 Å². The Morgan fingerprint density at radius 3 is 2.71 bits per heavy atom. The molecule has 0 radical (unpaired) electrons. The molecule has 0 bridgehead atoms. The van der Waals surface area contributed by atoms with Crippen LogP contribution >= 0.6 is 0 Å². The maximum atomic E-state index is 4.49. The van der Waals surface area contributed by atoms with Crippen LogP contribution in [0.3, 0.4) is 0 Å². The molecule has 4 heteroatoms. The number of para-hydroxylation sites is 1. The highest BCUT2D eigenvalue weighted by Gasteiger charge is 2.19. The predicted molar refractivity (Wildman–Crippen MR) is 98.3 cm³/mol. The van der Waals surface area contributed by atoms with Crippen LogP contribution in [0.1, 0.15) is 17.5 Å².